The van der Waals surface area contributed by atoms with Crippen molar-refractivity contribution in [1.29, 1.82) is 0 Å². The Hall–Kier alpha value is -5.20. The largest absolute Gasteiger partial charge is 0.374 e. The first-order valence-electron chi connectivity index (χ1n) is 20.4. The van der Waals surface area contributed by atoms with Crippen LogP contribution in [0.1, 0.15) is 90.2 Å². The normalized spacial score (nSPS) is 21.9. The van der Waals surface area contributed by atoms with Crippen LogP contribution in [0.15, 0.2) is 42.9 Å². The second kappa shape index (κ2) is 16.5. The Kier molecular flexibility index (Phi) is 11.0. The number of nitrogens with zero attached hydrogens (tertiary/aromatic N) is 9. The maximum absolute atomic E-state index is 14.2. The zero-order valence-corrected chi connectivity index (χ0v) is 33.2. The lowest BCUT2D eigenvalue weighted by Gasteiger charge is -2.34. The van der Waals surface area contributed by atoms with E-state index in [0.29, 0.717) is 47.5 Å². The summed E-state index contributed by atoms with van der Waals surface area (Å²) in [6, 6.07) is 6.38. The molecule has 0 saturated carbocycles. The molecule has 5 aliphatic rings. The van der Waals surface area contributed by atoms with Crippen molar-refractivity contribution in [3.05, 3.63) is 64.7 Å². The number of morpholine rings is 1. The van der Waals surface area contributed by atoms with E-state index < -0.39 is 24.1 Å². The van der Waals surface area contributed by atoms with E-state index in [4.69, 9.17) is 21.3 Å². The maximum Gasteiger partial charge on any atom is 0.328 e. The fraction of sp³-hybridized carbons (Fsp3) is 0.525. The molecule has 59 heavy (non-hydrogen) atoms. The number of anilines is 3. The summed E-state index contributed by atoms with van der Waals surface area (Å²) >= 11 is 6.38. The number of halogens is 3. The average molecular weight is 834 g/mol. The molecular formula is C40H46ClF2N11O5. The minimum atomic E-state index is -2.87. The highest BCUT2D eigenvalue weighted by Gasteiger charge is 2.40. The van der Waals surface area contributed by atoms with Crippen molar-refractivity contribution in [3.8, 4) is 0 Å². The first-order valence-corrected chi connectivity index (χ1v) is 20.8. The molecule has 16 nitrogen and oxygen atoms in total. The molecule has 2 N–H and O–H groups in total. The van der Waals surface area contributed by atoms with Gasteiger partial charge in [0.15, 0.2) is 11.3 Å². The van der Waals surface area contributed by atoms with Crippen molar-refractivity contribution < 1.29 is 32.7 Å². The number of aromatic nitrogens is 5. The molecule has 5 aliphatic heterocycles. The van der Waals surface area contributed by atoms with Gasteiger partial charge in [-0.1, -0.05) is 11.6 Å². The van der Waals surface area contributed by atoms with E-state index >= 15 is 0 Å². The van der Waals surface area contributed by atoms with Gasteiger partial charge in [0.2, 0.25) is 5.91 Å². The zero-order chi connectivity index (χ0) is 40.8. The predicted octanol–water partition coefficient (Wildman–Crippen LogP) is 5.16. The van der Waals surface area contributed by atoms with Crippen LogP contribution in [0, 0.1) is 5.92 Å². The molecule has 3 aromatic heterocycles. The second-order valence-corrected chi connectivity index (χ2v) is 16.6. The number of piperidine rings is 2. The third kappa shape index (κ3) is 8.09. The van der Waals surface area contributed by atoms with Gasteiger partial charge in [0.05, 0.1) is 47.4 Å². The zero-order valence-electron chi connectivity index (χ0n) is 32.4. The van der Waals surface area contributed by atoms with Crippen LogP contribution >= 0.6 is 11.6 Å². The quantitative estimate of drug-likeness (QED) is 0.207. The Morgan fingerprint density at radius 1 is 1.03 bits per heavy atom. The van der Waals surface area contributed by atoms with Gasteiger partial charge in [0, 0.05) is 63.6 Å². The Morgan fingerprint density at radius 2 is 1.85 bits per heavy atom. The third-order valence-corrected chi connectivity index (χ3v) is 12.8. The Bertz CT molecular complexity index is 2250. The molecule has 2 atom stereocenters. The van der Waals surface area contributed by atoms with Crippen molar-refractivity contribution in [2.24, 2.45) is 5.92 Å². The van der Waals surface area contributed by atoms with Crippen LogP contribution in [0.2, 0.25) is 5.02 Å². The Morgan fingerprint density at radius 3 is 2.58 bits per heavy atom. The molecule has 4 aromatic rings. The number of urea groups is 1. The topological polar surface area (TPSA) is 163 Å². The number of hydrogen-bond acceptors (Lipinski definition) is 10. The average Bonchev–Trinajstić information content (AvgIpc) is 4.06. The standard InChI is InChI=1S/C40H46ClF2N11O5/c41-30-4-3-25(18-32(30)51-16-10-34(55)47-40(51)58)39(57)50-14-5-24(6-15-50)2-1-11-49-12-7-26(8-13-49)54-22-31(35(48-54)36(42)43)45-38(56)29-20-44-53-17-9-33(46-37(29)53)52-21-28-19-27(52)23-59-28/h3-4,9,17-18,20,22,24,26-28,36H,1-2,5-8,10-16,19,21,23H2,(H,45,56)(H,47,55,58)/t27-,28-/m1/s1. The molecule has 0 radical (unpaired) electrons. The number of hydrogen-bond donors (Lipinski definition) is 2. The summed E-state index contributed by atoms with van der Waals surface area (Å²) in [5, 5.41) is 13.8. The maximum atomic E-state index is 14.2. The fourth-order valence-corrected chi connectivity index (χ4v) is 9.38. The van der Waals surface area contributed by atoms with E-state index in [1.807, 2.05) is 11.0 Å². The summed E-state index contributed by atoms with van der Waals surface area (Å²) in [4.78, 5) is 63.5. The van der Waals surface area contributed by atoms with Crippen molar-refractivity contribution in [2.45, 2.75) is 76.0 Å². The molecule has 0 spiro atoms. The lowest BCUT2D eigenvalue weighted by molar-refractivity contribution is -0.120. The van der Waals surface area contributed by atoms with Crippen molar-refractivity contribution >= 4 is 58.2 Å². The van der Waals surface area contributed by atoms with Gasteiger partial charge in [0.1, 0.15) is 11.4 Å². The number of nitrogens with one attached hydrogen (secondary N) is 2. The predicted molar refractivity (Wildman–Crippen MR) is 213 cm³/mol. The first kappa shape index (κ1) is 39.3. The number of rotatable bonds is 11. The molecule has 1 aromatic carbocycles. The number of amides is 5. The van der Waals surface area contributed by atoms with Crippen LogP contribution < -0.4 is 20.4 Å². The van der Waals surface area contributed by atoms with Gasteiger partial charge in [-0.3, -0.25) is 29.3 Å². The lowest BCUT2D eigenvalue weighted by Crippen LogP contribution is -2.49. The highest BCUT2D eigenvalue weighted by molar-refractivity contribution is 6.34. The van der Waals surface area contributed by atoms with E-state index in [0.717, 1.165) is 76.9 Å². The summed E-state index contributed by atoms with van der Waals surface area (Å²) in [5.74, 6) is 0.206. The highest BCUT2D eigenvalue weighted by atomic mass is 35.5. The van der Waals surface area contributed by atoms with Crippen molar-refractivity contribution in [3.63, 3.8) is 0 Å². The number of alkyl halides is 2. The van der Waals surface area contributed by atoms with Gasteiger partial charge in [-0.25, -0.2) is 23.1 Å². The number of imide groups is 1. The van der Waals surface area contributed by atoms with Crippen LogP contribution in [-0.4, -0.2) is 122 Å². The minimum absolute atomic E-state index is 0.0205. The molecule has 19 heteroatoms. The second-order valence-electron chi connectivity index (χ2n) is 16.1. The van der Waals surface area contributed by atoms with Gasteiger partial charge < -0.3 is 24.8 Å². The van der Waals surface area contributed by atoms with Gasteiger partial charge in [-0.15, -0.1) is 0 Å². The Labute approximate surface area is 343 Å². The van der Waals surface area contributed by atoms with Crippen LogP contribution in [0.4, 0.5) is 30.8 Å². The number of carbonyl (C=O) groups is 4. The molecule has 8 heterocycles. The molecule has 312 valence electrons. The van der Waals surface area contributed by atoms with Crippen LogP contribution in [0.3, 0.4) is 0 Å². The number of likely N-dealkylation sites (tertiary alicyclic amines) is 2. The van der Waals surface area contributed by atoms with E-state index in [2.05, 4.69) is 30.6 Å². The smallest absolute Gasteiger partial charge is 0.328 e. The van der Waals surface area contributed by atoms with Crippen LogP contribution in [-0.2, 0) is 9.53 Å². The van der Waals surface area contributed by atoms with Crippen molar-refractivity contribution in [2.75, 3.05) is 67.5 Å². The monoisotopic (exact) mass is 833 g/mol. The van der Waals surface area contributed by atoms with Crippen LogP contribution in [0.5, 0.6) is 0 Å². The summed E-state index contributed by atoms with van der Waals surface area (Å²) in [5.41, 5.74) is 0.908. The van der Waals surface area contributed by atoms with Gasteiger partial charge in [-0.2, -0.15) is 10.2 Å². The molecule has 5 saturated heterocycles. The van der Waals surface area contributed by atoms with E-state index in [1.54, 1.807) is 29.1 Å². The molecule has 0 aliphatic carbocycles. The number of ether oxygens (including phenoxy) is 1. The van der Waals surface area contributed by atoms with Crippen LogP contribution in [0.25, 0.3) is 5.65 Å². The molecule has 5 fully saturated rings. The number of fused-ring (bicyclic) bond motifs is 3. The van der Waals surface area contributed by atoms with E-state index in [1.165, 1.54) is 21.8 Å². The van der Waals surface area contributed by atoms with E-state index in [9.17, 15) is 28.0 Å². The molecule has 2 bridgehead atoms. The molecular weight excluding hydrogens is 788 g/mol. The summed E-state index contributed by atoms with van der Waals surface area (Å²) < 4.78 is 37.3. The Balaban J connectivity index is 0.739. The summed E-state index contributed by atoms with van der Waals surface area (Å²) in [7, 11) is 0. The molecule has 9 rings (SSSR count). The minimum Gasteiger partial charge on any atom is -0.374 e. The van der Waals surface area contributed by atoms with Gasteiger partial charge >= 0.3 is 6.03 Å². The number of benzene rings is 1. The number of carbonyl (C=O) groups excluding carboxylic acids is 4. The lowest BCUT2D eigenvalue weighted by atomic mass is 9.91. The van der Waals surface area contributed by atoms with Gasteiger partial charge in [0.25, 0.3) is 18.2 Å². The third-order valence-electron chi connectivity index (χ3n) is 12.5. The SMILES string of the molecule is O=C1CCN(c2cc(C(=O)N3CCC(CCCN4CCC(n5cc(NC(=O)c6cnn7ccc(N8C[C@H]9C[C@@H]8CO9)nc67)c(C(F)F)n5)CC4)CC3)ccc2Cl)C(=O)N1. The highest BCUT2D eigenvalue weighted by Crippen LogP contribution is 2.34. The first-order chi connectivity index (χ1) is 28.6. The summed E-state index contributed by atoms with van der Waals surface area (Å²) in [6.07, 6.45) is 8.44. The molecule has 0 unspecified atom stereocenters. The van der Waals surface area contributed by atoms with Crippen molar-refractivity contribution in [1.82, 2.24) is 39.5 Å². The fourth-order valence-electron chi connectivity index (χ4n) is 9.16. The molecule has 5 amide bonds. The summed E-state index contributed by atoms with van der Waals surface area (Å²) in [6.45, 7) is 5.40. The van der Waals surface area contributed by atoms with E-state index in [-0.39, 0.29) is 54.2 Å². The van der Waals surface area contributed by atoms with Gasteiger partial charge in [-0.05, 0) is 81.7 Å².